The number of benzene rings is 1. The maximum absolute atomic E-state index is 11.0. The molecule has 4 nitrogen and oxygen atoms in total. The number of carbonyl (C=O) groups is 1. The highest BCUT2D eigenvalue weighted by Crippen LogP contribution is 2.20. The molecule has 0 heterocycles. The molecule has 0 bridgehead atoms. The zero-order valence-corrected chi connectivity index (χ0v) is 10.9. The number of nitrogen functional groups attached to an aromatic ring is 1. The molecule has 0 aliphatic rings. The fourth-order valence-corrected chi connectivity index (χ4v) is 2.14. The molecule has 1 aromatic carbocycles. The predicted octanol–water partition coefficient (Wildman–Crippen LogP) is 2.52. The Bertz CT molecular complexity index is 396. The standard InChI is InChI=1S/C12H18N2O2S/c1-3-17-7-8(2)14-11-6-9(13)4-5-10(11)12(15)16/h4-6,8,14H,3,7,13H2,1-2H3,(H,15,16). The number of carboxylic acid groups (broad SMARTS) is 1. The molecule has 0 fully saturated rings. The Morgan fingerprint density at radius 2 is 2.29 bits per heavy atom. The first-order valence-corrected chi connectivity index (χ1v) is 6.67. The Kier molecular flexibility index (Phi) is 5.15. The molecule has 0 aliphatic carbocycles. The summed E-state index contributed by atoms with van der Waals surface area (Å²) in [5, 5.41) is 12.2. The van der Waals surface area contributed by atoms with Crippen LogP contribution in [0, 0.1) is 0 Å². The van der Waals surface area contributed by atoms with E-state index in [0.717, 1.165) is 11.5 Å². The molecular weight excluding hydrogens is 236 g/mol. The number of anilines is 2. The van der Waals surface area contributed by atoms with E-state index >= 15 is 0 Å². The first-order valence-electron chi connectivity index (χ1n) is 5.51. The Morgan fingerprint density at radius 3 is 2.88 bits per heavy atom. The van der Waals surface area contributed by atoms with Crippen LogP contribution in [-0.2, 0) is 0 Å². The summed E-state index contributed by atoms with van der Waals surface area (Å²) in [4.78, 5) is 11.0. The van der Waals surface area contributed by atoms with Crippen molar-refractivity contribution in [3.63, 3.8) is 0 Å². The molecule has 4 N–H and O–H groups in total. The van der Waals surface area contributed by atoms with Crippen molar-refractivity contribution in [2.45, 2.75) is 19.9 Å². The molecule has 0 amide bonds. The topological polar surface area (TPSA) is 75.3 Å². The van der Waals surface area contributed by atoms with Gasteiger partial charge in [-0.1, -0.05) is 6.92 Å². The second-order valence-electron chi connectivity index (χ2n) is 3.82. The summed E-state index contributed by atoms with van der Waals surface area (Å²) in [5.41, 5.74) is 7.07. The van der Waals surface area contributed by atoms with Gasteiger partial charge in [-0.3, -0.25) is 0 Å². The number of nitrogens with one attached hydrogen (secondary N) is 1. The van der Waals surface area contributed by atoms with Gasteiger partial charge >= 0.3 is 5.97 Å². The fraction of sp³-hybridized carbons (Fsp3) is 0.417. The summed E-state index contributed by atoms with van der Waals surface area (Å²) in [6.45, 7) is 4.12. The van der Waals surface area contributed by atoms with E-state index in [0.29, 0.717) is 11.4 Å². The zero-order chi connectivity index (χ0) is 12.8. The summed E-state index contributed by atoms with van der Waals surface area (Å²) in [7, 11) is 0. The van der Waals surface area contributed by atoms with Crippen molar-refractivity contribution < 1.29 is 9.90 Å². The number of nitrogens with two attached hydrogens (primary N) is 1. The summed E-state index contributed by atoms with van der Waals surface area (Å²) in [6, 6.07) is 5.00. The summed E-state index contributed by atoms with van der Waals surface area (Å²) < 4.78 is 0. The van der Waals surface area contributed by atoms with Crippen molar-refractivity contribution in [1.82, 2.24) is 0 Å². The maximum Gasteiger partial charge on any atom is 0.337 e. The summed E-state index contributed by atoms with van der Waals surface area (Å²) in [6.07, 6.45) is 0. The number of carboxylic acids is 1. The third-order valence-corrected chi connectivity index (χ3v) is 3.39. The van der Waals surface area contributed by atoms with Gasteiger partial charge in [-0.05, 0) is 30.9 Å². The van der Waals surface area contributed by atoms with Gasteiger partial charge in [0.1, 0.15) is 0 Å². The van der Waals surface area contributed by atoms with E-state index in [1.165, 1.54) is 6.07 Å². The molecule has 0 aliphatic heterocycles. The predicted molar refractivity (Wildman–Crippen MR) is 73.9 cm³/mol. The first-order chi connectivity index (χ1) is 8.04. The molecular formula is C12H18N2O2S. The van der Waals surface area contributed by atoms with Crippen molar-refractivity contribution in [1.29, 1.82) is 0 Å². The highest BCUT2D eigenvalue weighted by molar-refractivity contribution is 7.99. The van der Waals surface area contributed by atoms with Crippen LogP contribution in [0.4, 0.5) is 11.4 Å². The van der Waals surface area contributed by atoms with E-state index in [9.17, 15) is 4.79 Å². The highest BCUT2D eigenvalue weighted by atomic mass is 32.2. The van der Waals surface area contributed by atoms with Gasteiger partial charge in [-0.25, -0.2) is 4.79 Å². The fourth-order valence-electron chi connectivity index (χ4n) is 1.47. The van der Waals surface area contributed by atoms with E-state index in [2.05, 4.69) is 12.2 Å². The summed E-state index contributed by atoms with van der Waals surface area (Å²) in [5.74, 6) is 1.04. The van der Waals surface area contributed by atoms with E-state index in [1.807, 2.05) is 18.7 Å². The zero-order valence-electron chi connectivity index (χ0n) is 10.1. The van der Waals surface area contributed by atoms with E-state index in [1.54, 1.807) is 12.1 Å². The van der Waals surface area contributed by atoms with Gasteiger partial charge in [0.05, 0.1) is 11.3 Å². The molecule has 5 heteroatoms. The van der Waals surface area contributed by atoms with Crippen molar-refractivity contribution in [2.24, 2.45) is 0 Å². The Hall–Kier alpha value is -1.36. The minimum Gasteiger partial charge on any atom is -0.478 e. The Labute approximate surface area is 106 Å². The van der Waals surface area contributed by atoms with Crippen molar-refractivity contribution >= 4 is 29.1 Å². The average Bonchev–Trinajstić information content (AvgIpc) is 2.26. The second-order valence-corrected chi connectivity index (χ2v) is 5.13. The van der Waals surface area contributed by atoms with Crippen molar-refractivity contribution in [2.75, 3.05) is 22.6 Å². The molecule has 1 aromatic rings. The Balaban J connectivity index is 2.81. The van der Waals surface area contributed by atoms with Gasteiger partial charge in [0.15, 0.2) is 0 Å². The molecule has 0 spiro atoms. The van der Waals surface area contributed by atoms with Crippen LogP contribution in [0.15, 0.2) is 18.2 Å². The van der Waals surface area contributed by atoms with Crippen LogP contribution in [0.5, 0.6) is 0 Å². The van der Waals surface area contributed by atoms with Gasteiger partial charge < -0.3 is 16.2 Å². The lowest BCUT2D eigenvalue weighted by Gasteiger charge is -2.16. The van der Waals surface area contributed by atoms with Gasteiger partial charge in [-0.15, -0.1) is 0 Å². The van der Waals surface area contributed by atoms with Gasteiger partial charge in [0, 0.05) is 17.5 Å². The molecule has 0 saturated carbocycles. The normalized spacial score (nSPS) is 12.1. The van der Waals surface area contributed by atoms with Crippen LogP contribution >= 0.6 is 11.8 Å². The second kappa shape index (κ2) is 6.39. The average molecular weight is 254 g/mol. The van der Waals surface area contributed by atoms with Crippen LogP contribution < -0.4 is 11.1 Å². The number of hydrogen-bond donors (Lipinski definition) is 3. The molecule has 1 atom stereocenters. The lowest BCUT2D eigenvalue weighted by molar-refractivity contribution is 0.0698. The third-order valence-electron chi connectivity index (χ3n) is 2.25. The van der Waals surface area contributed by atoms with Crippen LogP contribution in [0.3, 0.4) is 0 Å². The van der Waals surface area contributed by atoms with Crippen molar-refractivity contribution in [3.05, 3.63) is 23.8 Å². The maximum atomic E-state index is 11.0. The molecule has 1 rings (SSSR count). The van der Waals surface area contributed by atoms with E-state index in [4.69, 9.17) is 10.8 Å². The lowest BCUT2D eigenvalue weighted by Crippen LogP contribution is -2.20. The molecule has 94 valence electrons. The molecule has 0 radical (unpaired) electrons. The number of aromatic carboxylic acids is 1. The van der Waals surface area contributed by atoms with Gasteiger partial charge in [0.25, 0.3) is 0 Å². The van der Waals surface area contributed by atoms with E-state index < -0.39 is 5.97 Å². The highest BCUT2D eigenvalue weighted by Gasteiger charge is 2.12. The van der Waals surface area contributed by atoms with E-state index in [-0.39, 0.29) is 11.6 Å². The number of hydrogen-bond acceptors (Lipinski definition) is 4. The first kappa shape index (κ1) is 13.7. The SMILES string of the molecule is CCSCC(C)Nc1cc(N)ccc1C(=O)O. The van der Waals surface area contributed by atoms with Crippen molar-refractivity contribution in [3.8, 4) is 0 Å². The lowest BCUT2D eigenvalue weighted by atomic mass is 10.1. The van der Waals surface area contributed by atoms with Crippen LogP contribution in [0.1, 0.15) is 24.2 Å². The van der Waals surface area contributed by atoms with Crippen LogP contribution in [0.25, 0.3) is 0 Å². The van der Waals surface area contributed by atoms with Gasteiger partial charge in [0.2, 0.25) is 0 Å². The molecule has 0 aromatic heterocycles. The van der Waals surface area contributed by atoms with Crippen LogP contribution in [0.2, 0.25) is 0 Å². The molecule has 17 heavy (non-hydrogen) atoms. The minimum absolute atomic E-state index is 0.208. The quantitative estimate of drug-likeness (QED) is 0.680. The van der Waals surface area contributed by atoms with Crippen LogP contribution in [-0.4, -0.2) is 28.6 Å². The largest absolute Gasteiger partial charge is 0.478 e. The molecule has 1 unspecified atom stereocenters. The van der Waals surface area contributed by atoms with Gasteiger partial charge in [-0.2, -0.15) is 11.8 Å². The number of rotatable bonds is 6. The minimum atomic E-state index is -0.942. The number of thioether (sulfide) groups is 1. The summed E-state index contributed by atoms with van der Waals surface area (Å²) >= 11 is 1.81. The Morgan fingerprint density at radius 1 is 1.59 bits per heavy atom. The third kappa shape index (κ3) is 4.19. The monoisotopic (exact) mass is 254 g/mol. The smallest absolute Gasteiger partial charge is 0.337 e. The molecule has 0 saturated heterocycles.